The zero-order valence-electron chi connectivity index (χ0n) is 15.1. The van der Waals surface area contributed by atoms with Gasteiger partial charge < -0.3 is 20.1 Å². The number of hydrogen-bond acceptors (Lipinski definition) is 5. The van der Waals surface area contributed by atoms with Gasteiger partial charge in [0.1, 0.15) is 0 Å². The second-order valence-electron chi connectivity index (χ2n) is 6.87. The number of ether oxygens (including phenoxy) is 1. The first-order chi connectivity index (χ1) is 12.6. The van der Waals surface area contributed by atoms with Crippen LogP contribution in [0.4, 0.5) is 0 Å². The van der Waals surface area contributed by atoms with Gasteiger partial charge in [0.25, 0.3) is 0 Å². The molecule has 26 heavy (non-hydrogen) atoms. The number of aliphatic hydroxyl groups excluding tert-OH is 1. The van der Waals surface area contributed by atoms with Crippen LogP contribution in [0.15, 0.2) is 30.3 Å². The van der Waals surface area contributed by atoms with E-state index in [4.69, 9.17) is 4.74 Å². The second-order valence-corrected chi connectivity index (χ2v) is 6.87. The van der Waals surface area contributed by atoms with E-state index >= 15 is 0 Å². The summed E-state index contributed by atoms with van der Waals surface area (Å²) in [5, 5.41) is 12.7. The largest absolute Gasteiger partial charge is 0.394 e. The van der Waals surface area contributed by atoms with Crippen LogP contribution in [-0.2, 0) is 14.3 Å². The summed E-state index contributed by atoms with van der Waals surface area (Å²) < 4.78 is 5.29. The highest BCUT2D eigenvalue weighted by Crippen LogP contribution is 2.40. The van der Waals surface area contributed by atoms with E-state index < -0.39 is 0 Å². The minimum absolute atomic E-state index is 0.0220. The molecule has 2 aliphatic heterocycles. The zero-order chi connectivity index (χ0) is 18.5. The first kappa shape index (κ1) is 18.8. The highest BCUT2D eigenvalue weighted by atomic mass is 16.5. The molecular weight excluding hydrogens is 334 g/mol. The SMILES string of the molecule is CC(=O)N1[C@H](CO)[C@H](c2ccccc2)[C@H]1CNC(=O)CN1CCOCC1. The Balaban J connectivity index is 1.62. The van der Waals surface area contributed by atoms with E-state index in [9.17, 15) is 14.7 Å². The van der Waals surface area contributed by atoms with Gasteiger partial charge >= 0.3 is 0 Å². The number of likely N-dealkylation sites (tertiary alicyclic amines) is 1. The van der Waals surface area contributed by atoms with Gasteiger partial charge in [0, 0.05) is 32.5 Å². The molecule has 1 aromatic carbocycles. The molecule has 7 nitrogen and oxygen atoms in total. The predicted molar refractivity (Wildman–Crippen MR) is 96.6 cm³/mol. The fourth-order valence-corrected chi connectivity index (χ4v) is 4.00. The van der Waals surface area contributed by atoms with Crippen LogP contribution < -0.4 is 5.32 Å². The minimum atomic E-state index is -0.240. The lowest BCUT2D eigenvalue weighted by atomic mass is 9.75. The lowest BCUT2D eigenvalue weighted by molar-refractivity contribution is -0.148. The average molecular weight is 361 g/mol. The molecule has 7 heteroatoms. The molecule has 0 radical (unpaired) electrons. The molecule has 142 valence electrons. The van der Waals surface area contributed by atoms with Crippen LogP contribution in [0.3, 0.4) is 0 Å². The van der Waals surface area contributed by atoms with Crippen LogP contribution in [0, 0.1) is 0 Å². The molecule has 2 amide bonds. The van der Waals surface area contributed by atoms with Crippen LogP contribution >= 0.6 is 0 Å². The third-order valence-corrected chi connectivity index (χ3v) is 5.26. The quantitative estimate of drug-likeness (QED) is 0.734. The highest BCUT2D eigenvalue weighted by Gasteiger charge is 2.49. The van der Waals surface area contributed by atoms with Gasteiger partial charge in [-0.15, -0.1) is 0 Å². The standard InChI is InChI=1S/C19H27N3O4/c1-14(24)22-16(11-20-18(25)12-21-7-9-26-10-8-21)19(17(22)13-23)15-5-3-2-4-6-15/h2-6,16-17,19,23H,7-13H2,1H3,(H,20,25)/t16-,17-,19-/m1/s1. The molecule has 2 heterocycles. The van der Waals surface area contributed by atoms with Crippen molar-refractivity contribution in [3.63, 3.8) is 0 Å². The van der Waals surface area contributed by atoms with E-state index in [0.717, 1.165) is 18.7 Å². The van der Waals surface area contributed by atoms with Crippen molar-refractivity contribution in [2.45, 2.75) is 24.9 Å². The Bertz CT molecular complexity index is 618. The molecular formula is C19H27N3O4. The third kappa shape index (κ3) is 4.06. The molecule has 2 saturated heterocycles. The molecule has 0 bridgehead atoms. The summed E-state index contributed by atoms with van der Waals surface area (Å²) in [5.41, 5.74) is 1.08. The van der Waals surface area contributed by atoms with Gasteiger partial charge in [-0.2, -0.15) is 0 Å². The molecule has 0 unspecified atom stereocenters. The summed E-state index contributed by atoms with van der Waals surface area (Å²) in [7, 11) is 0. The highest BCUT2D eigenvalue weighted by molar-refractivity contribution is 5.79. The minimum Gasteiger partial charge on any atom is -0.394 e. The Kier molecular flexibility index (Phi) is 6.24. The van der Waals surface area contributed by atoms with E-state index in [1.165, 1.54) is 6.92 Å². The van der Waals surface area contributed by atoms with E-state index in [2.05, 4.69) is 10.2 Å². The molecule has 2 aliphatic rings. The smallest absolute Gasteiger partial charge is 0.234 e. The van der Waals surface area contributed by atoms with E-state index in [1.54, 1.807) is 4.90 Å². The number of nitrogens with one attached hydrogen (secondary N) is 1. The molecule has 0 aliphatic carbocycles. The Morgan fingerprint density at radius 1 is 1.19 bits per heavy atom. The molecule has 1 aromatic rings. The maximum atomic E-state index is 12.3. The summed E-state index contributed by atoms with van der Waals surface area (Å²) in [6.07, 6.45) is 0. The molecule has 0 aromatic heterocycles. The second kappa shape index (κ2) is 8.62. The van der Waals surface area contributed by atoms with Gasteiger partial charge in [0.05, 0.1) is 38.4 Å². The van der Waals surface area contributed by atoms with Gasteiger partial charge in [-0.3, -0.25) is 14.5 Å². The molecule has 2 fully saturated rings. The molecule has 0 spiro atoms. The number of morpholine rings is 1. The van der Waals surface area contributed by atoms with Crippen molar-refractivity contribution in [2.24, 2.45) is 0 Å². The van der Waals surface area contributed by atoms with Crippen LogP contribution in [0.25, 0.3) is 0 Å². The third-order valence-electron chi connectivity index (χ3n) is 5.26. The van der Waals surface area contributed by atoms with Crippen molar-refractivity contribution >= 4 is 11.8 Å². The summed E-state index contributed by atoms with van der Waals surface area (Å²) in [5.74, 6) is -0.105. The van der Waals surface area contributed by atoms with E-state index in [-0.39, 0.29) is 36.4 Å². The number of carbonyl (C=O) groups excluding carboxylic acids is 2. The average Bonchev–Trinajstić information content (AvgIpc) is 2.62. The number of carbonyl (C=O) groups is 2. The Hall–Kier alpha value is -1.96. The van der Waals surface area contributed by atoms with Gasteiger partial charge in [-0.05, 0) is 5.56 Å². The molecule has 0 saturated carbocycles. The maximum absolute atomic E-state index is 12.3. The van der Waals surface area contributed by atoms with Gasteiger partial charge in [-0.1, -0.05) is 30.3 Å². The topological polar surface area (TPSA) is 82.1 Å². The fraction of sp³-hybridized carbons (Fsp3) is 0.579. The zero-order valence-corrected chi connectivity index (χ0v) is 15.1. The van der Waals surface area contributed by atoms with Crippen molar-refractivity contribution < 1.29 is 19.4 Å². The van der Waals surface area contributed by atoms with E-state index in [1.807, 2.05) is 30.3 Å². The monoisotopic (exact) mass is 361 g/mol. The lowest BCUT2D eigenvalue weighted by Gasteiger charge is -2.54. The Labute approximate surface area is 153 Å². The van der Waals surface area contributed by atoms with Crippen LogP contribution in [0.1, 0.15) is 18.4 Å². The molecule has 2 N–H and O–H groups in total. The number of rotatable bonds is 6. The van der Waals surface area contributed by atoms with Crippen molar-refractivity contribution in [2.75, 3.05) is 46.0 Å². The van der Waals surface area contributed by atoms with E-state index in [0.29, 0.717) is 26.3 Å². The summed E-state index contributed by atoms with van der Waals surface area (Å²) in [6.45, 7) is 4.98. The molecule has 3 atom stereocenters. The maximum Gasteiger partial charge on any atom is 0.234 e. The number of nitrogens with zero attached hydrogens (tertiary/aromatic N) is 2. The van der Waals surface area contributed by atoms with Gasteiger partial charge in [0.15, 0.2) is 0 Å². The Morgan fingerprint density at radius 2 is 1.88 bits per heavy atom. The normalized spacial score (nSPS) is 26.2. The van der Waals surface area contributed by atoms with Crippen LogP contribution in [-0.4, -0.2) is 84.8 Å². The van der Waals surface area contributed by atoms with Crippen molar-refractivity contribution in [3.8, 4) is 0 Å². The number of benzene rings is 1. The fourth-order valence-electron chi connectivity index (χ4n) is 4.00. The first-order valence-electron chi connectivity index (χ1n) is 9.13. The number of amides is 2. The van der Waals surface area contributed by atoms with Crippen LogP contribution in [0.2, 0.25) is 0 Å². The van der Waals surface area contributed by atoms with Gasteiger partial charge in [-0.25, -0.2) is 0 Å². The van der Waals surface area contributed by atoms with Crippen LogP contribution in [0.5, 0.6) is 0 Å². The summed E-state index contributed by atoms with van der Waals surface area (Å²) >= 11 is 0. The van der Waals surface area contributed by atoms with Crippen molar-refractivity contribution in [3.05, 3.63) is 35.9 Å². The Morgan fingerprint density at radius 3 is 2.50 bits per heavy atom. The van der Waals surface area contributed by atoms with Crippen molar-refractivity contribution in [1.29, 1.82) is 0 Å². The summed E-state index contributed by atoms with van der Waals surface area (Å²) in [6, 6.07) is 9.48. The van der Waals surface area contributed by atoms with Crippen molar-refractivity contribution in [1.82, 2.24) is 15.1 Å². The number of hydrogen-bond donors (Lipinski definition) is 2. The first-order valence-corrected chi connectivity index (χ1v) is 9.13. The number of aliphatic hydroxyl groups is 1. The predicted octanol–water partition coefficient (Wildman–Crippen LogP) is -0.190. The lowest BCUT2D eigenvalue weighted by Crippen LogP contribution is -2.68. The van der Waals surface area contributed by atoms with Gasteiger partial charge in [0.2, 0.25) is 11.8 Å². The summed E-state index contributed by atoms with van der Waals surface area (Å²) in [4.78, 5) is 28.1. The molecule has 3 rings (SSSR count).